The second kappa shape index (κ2) is 9.86. The average molecular weight is 535 g/mol. The first-order valence-corrected chi connectivity index (χ1v) is 12.3. The Morgan fingerprint density at radius 1 is 1.11 bits per heavy atom. The summed E-state index contributed by atoms with van der Waals surface area (Å²) in [5, 5.41) is 18.9. The molecule has 0 spiro atoms. The minimum Gasteiger partial charge on any atom is -0.503 e. The average Bonchev–Trinajstić information content (AvgIpc) is 3.68. The van der Waals surface area contributed by atoms with Gasteiger partial charge in [-0.15, -0.1) is 0 Å². The van der Waals surface area contributed by atoms with Gasteiger partial charge in [-0.3, -0.25) is 9.67 Å². The summed E-state index contributed by atoms with van der Waals surface area (Å²) in [6, 6.07) is 11.3. The van der Waals surface area contributed by atoms with Gasteiger partial charge >= 0.3 is 0 Å². The van der Waals surface area contributed by atoms with Crippen molar-refractivity contribution in [1.82, 2.24) is 24.7 Å². The predicted octanol–water partition coefficient (Wildman–Crippen LogP) is 6.11. The number of nitrogens with zero attached hydrogens (tertiary/aromatic N) is 5. The molecular formula is C27H21ClF2N6O2. The van der Waals surface area contributed by atoms with E-state index in [4.69, 9.17) is 16.3 Å². The fraction of sp³-hybridized carbons (Fsp3) is 0.185. The molecule has 3 heterocycles. The van der Waals surface area contributed by atoms with Gasteiger partial charge in [0.25, 0.3) is 0 Å². The van der Waals surface area contributed by atoms with E-state index in [0.717, 1.165) is 12.8 Å². The molecule has 11 heteroatoms. The van der Waals surface area contributed by atoms with Gasteiger partial charge in [-0.1, -0.05) is 29.8 Å². The molecule has 6 rings (SSSR count). The molecule has 0 aliphatic heterocycles. The monoisotopic (exact) mass is 534 g/mol. The maximum absolute atomic E-state index is 15.0. The zero-order valence-electron chi connectivity index (χ0n) is 19.9. The Bertz CT molecular complexity index is 1630. The largest absolute Gasteiger partial charge is 0.503 e. The third-order valence-electron chi connectivity index (χ3n) is 6.27. The Morgan fingerprint density at radius 2 is 1.89 bits per heavy atom. The fourth-order valence-electron chi connectivity index (χ4n) is 4.06. The molecule has 0 saturated heterocycles. The Labute approximate surface area is 220 Å². The number of pyridine rings is 1. The summed E-state index contributed by atoms with van der Waals surface area (Å²) in [5.41, 5.74) is 1.38. The third-order valence-corrected chi connectivity index (χ3v) is 6.57. The number of anilines is 2. The van der Waals surface area contributed by atoms with Crippen LogP contribution in [0.25, 0.3) is 22.4 Å². The molecule has 0 amide bonds. The Kier molecular flexibility index (Phi) is 6.24. The first-order valence-electron chi connectivity index (χ1n) is 12.0. The number of nitrogens with one attached hydrogen (secondary N) is 1. The van der Waals surface area contributed by atoms with Crippen LogP contribution in [-0.4, -0.2) is 36.4 Å². The number of hydrogen-bond acceptors (Lipinski definition) is 7. The van der Waals surface area contributed by atoms with Crippen LogP contribution in [0.3, 0.4) is 0 Å². The molecule has 192 valence electrons. The van der Waals surface area contributed by atoms with Gasteiger partial charge in [0.15, 0.2) is 17.4 Å². The highest BCUT2D eigenvalue weighted by Gasteiger charge is 2.23. The first-order chi connectivity index (χ1) is 18.5. The highest BCUT2D eigenvalue weighted by atomic mass is 35.5. The molecule has 0 radical (unpaired) electrons. The SMILES string of the molecule is Oc1cnc(-c2nn(Cc3c(F)cc(OCC4CC4)cc3F)c3ccccc23)nc1Nc1ccncc1Cl. The van der Waals surface area contributed by atoms with Crippen molar-refractivity contribution < 1.29 is 18.6 Å². The number of para-hydroxylation sites is 1. The molecule has 38 heavy (non-hydrogen) atoms. The van der Waals surface area contributed by atoms with E-state index in [2.05, 4.69) is 25.4 Å². The van der Waals surface area contributed by atoms with E-state index in [0.29, 0.717) is 39.8 Å². The number of hydrogen-bond donors (Lipinski definition) is 2. The third kappa shape index (κ3) is 4.82. The lowest BCUT2D eigenvalue weighted by Crippen LogP contribution is -2.08. The number of halogens is 3. The minimum atomic E-state index is -0.710. The molecule has 1 fully saturated rings. The number of aromatic hydroxyl groups is 1. The molecular weight excluding hydrogens is 514 g/mol. The standard InChI is InChI=1S/C27H21ClF2N6O2/c28-19-11-31-8-7-22(19)33-26-24(37)12-32-27(34-26)25-17-3-1-2-4-23(17)36(35-25)13-18-20(29)9-16(10-21(18)30)38-14-15-5-6-15/h1-4,7-12,15,37H,5-6,13-14H2,(H,31,32,33,34). The molecule has 0 bridgehead atoms. The van der Waals surface area contributed by atoms with E-state index < -0.39 is 11.6 Å². The van der Waals surface area contributed by atoms with Gasteiger partial charge in [-0.2, -0.15) is 5.10 Å². The Morgan fingerprint density at radius 3 is 2.66 bits per heavy atom. The molecule has 1 aliphatic rings. The Balaban J connectivity index is 1.34. The van der Waals surface area contributed by atoms with Gasteiger partial charge in [0.2, 0.25) is 0 Å². The predicted molar refractivity (Wildman–Crippen MR) is 139 cm³/mol. The summed E-state index contributed by atoms with van der Waals surface area (Å²) >= 11 is 6.18. The lowest BCUT2D eigenvalue weighted by Gasteiger charge is -2.10. The second-order valence-electron chi connectivity index (χ2n) is 9.05. The summed E-state index contributed by atoms with van der Waals surface area (Å²) in [6.07, 6.45) is 6.41. The second-order valence-corrected chi connectivity index (χ2v) is 9.46. The zero-order valence-corrected chi connectivity index (χ0v) is 20.7. The van der Waals surface area contributed by atoms with Crippen LogP contribution in [0.2, 0.25) is 5.02 Å². The minimum absolute atomic E-state index is 0.112. The van der Waals surface area contributed by atoms with Crippen LogP contribution in [0.1, 0.15) is 18.4 Å². The molecule has 1 aliphatic carbocycles. The van der Waals surface area contributed by atoms with E-state index >= 15 is 0 Å². The molecule has 5 aromatic rings. The fourth-order valence-corrected chi connectivity index (χ4v) is 4.23. The quantitative estimate of drug-likeness (QED) is 0.248. The maximum atomic E-state index is 15.0. The van der Waals surface area contributed by atoms with Crippen molar-refractivity contribution >= 4 is 34.0 Å². The lowest BCUT2D eigenvalue weighted by atomic mass is 10.1. The highest BCUT2D eigenvalue weighted by Crippen LogP contribution is 2.33. The summed E-state index contributed by atoms with van der Waals surface area (Å²) in [4.78, 5) is 12.6. The van der Waals surface area contributed by atoms with Gasteiger partial charge in [0, 0.05) is 35.5 Å². The molecule has 8 nitrogen and oxygen atoms in total. The number of rotatable bonds is 8. The van der Waals surface area contributed by atoms with Crippen LogP contribution in [-0.2, 0) is 6.54 Å². The number of benzene rings is 2. The zero-order chi connectivity index (χ0) is 26.2. The molecule has 0 unspecified atom stereocenters. The van der Waals surface area contributed by atoms with Gasteiger partial charge in [-0.25, -0.2) is 18.7 Å². The Hall–Kier alpha value is -4.31. The van der Waals surface area contributed by atoms with Crippen molar-refractivity contribution in [2.75, 3.05) is 11.9 Å². The summed E-state index contributed by atoms with van der Waals surface area (Å²) in [6.45, 7) is 0.305. The summed E-state index contributed by atoms with van der Waals surface area (Å²) in [7, 11) is 0. The van der Waals surface area contributed by atoms with E-state index in [-0.39, 0.29) is 35.2 Å². The topological polar surface area (TPSA) is 98.0 Å². The van der Waals surface area contributed by atoms with E-state index in [1.165, 1.54) is 29.2 Å². The number of fused-ring (bicyclic) bond motifs is 1. The van der Waals surface area contributed by atoms with Gasteiger partial charge < -0.3 is 15.2 Å². The first kappa shape index (κ1) is 24.1. The van der Waals surface area contributed by atoms with E-state index in [1.54, 1.807) is 18.3 Å². The van der Waals surface area contributed by atoms with Gasteiger partial charge in [-0.05, 0) is 30.9 Å². The van der Waals surface area contributed by atoms with Crippen LogP contribution in [0, 0.1) is 17.6 Å². The van der Waals surface area contributed by atoms with Crippen LogP contribution in [0.5, 0.6) is 11.5 Å². The van der Waals surface area contributed by atoms with Crippen LogP contribution in [0.4, 0.5) is 20.3 Å². The maximum Gasteiger partial charge on any atom is 0.183 e. The summed E-state index contributed by atoms with van der Waals surface area (Å²) in [5.74, 6) is -0.658. The van der Waals surface area contributed by atoms with Crippen molar-refractivity contribution in [3.8, 4) is 23.0 Å². The van der Waals surface area contributed by atoms with Gasteiger partial charge in [0.1, 0.15) is 23.1 Å². The molecule has 3 aromatic heterocycles. The van der Waals surface area contributed by atoms with Crippen LogP contribution >= 0.6 is 11.6 Å². The highest BCUT2D eigenvalue weighted by molar-refractivity contribution is 6.33. The van der Waals surface area contributed by atoms with E-state index in [1.807, 2.05) is 18.2 Å². The molecule has 0 atom stereocenters. The van der Waals surface area contributed by atoms with Crippen molar-refractivity contribution in [1.29, 1.82) is 0 Å². The van der Waals surface area contributed by atoms with Crippen LogP contribution in [0.15, 0.2) is 61.1 Å². The van der Waals surface area contributed by atoms with Crippen molar-refractivity contribution in [2.45, 2.75) is 19.4 Å². The van der Waals surface area contributed by atoms with Crippen molar-refractivity contribution in [3.63, 3.8) is 0 Å². The molecule has 2 aromatic carbocycles. The van der Waals surface area contributed by atoms with E-state index in [9.17, 15) is 13.9 Å². The van der Waals surface area contributed by atoms with Crippen molar-refractivity contribution in [3.05, 3.63) is 83.3 Å². The smallest absolute Gasteiger partial charge is 0.183 e. The van der Waals surface area contributed by atoms with Crippen molar-refractivity contribution in [2.24, 2.45) is 5.92 Å². The molecule has 2 N–H and O–H groups in total. The van der Waals surface area contributed by atoms with Gasteiger partial charge in [0.05, 0.1) is 35.6 Å². The summed E-state index contributed by atoms with van der Waals surface area (Å²) < 4.78 is 37.0. The number of aromatic nitrogens is 5. The number of ether oxygens (including phenoxy) is 1. The van der Waals surface area contributed by atoms with Crippen LogP contribution < -0.4 is 10.1 Å². The normalized spacial score (nSPS) is 13.1. The molecule has 1 saturated carbocycles. The lowest BCUT2D eigenvalue weighted by molar-refractivity contribution is 0.296.